The smallest absolute Gasteiger partial charge is 0.271 e. The van der Waals surface area contributed by atoms with Gasteiger partial charge < -0.3 is 0 Å². The van der Waals surface area contributed by atoms with Crippen molar-refractivity contribution in [3.63, 3.8) is 0 Å². The van der Waals surface area contributed by atoms with Crippen molar-refractivity contribution in [3.8, 4) is 0 Å². The van der Waals surface area contributed by atoms with Crippen molar-refractivity contribution < 1.29 is 0 Å². The van der Waals surface area contributed by atoms with Gasteiger partial charge in [-0.25, -0.2) is 4.98 Å². The number of hydrogen-bond acceptors (Lipinski definition) is 4. The summed E-state index contributed by atoms with van der Waals surface area (Å²) in [6.07, 6.45) is 1.62. The summed E-state index contributed by atoms with van der Waals surface area (Å²) < 4.78 is 2.39. The molecule has 3 aromatic rings. The van der Waals surface area contributed by atoms with Crippen molar-refractivity contribution in [2.45, 2.75) is 6.54 Å². The van der Waals surface area contributed by atoms with E-state index in [9.17, 15) is 4.79 Å². The Hall–Kier alpha value is -1.46. The van der Waals surface area contributed by atoms with Gasteiger partial charge in [-0.15, -0.1) is 11.3 Å². The highest BCUT2D eigenvalue weighted by Crippen LogP contribution is 2.14. The van der Waals surface area contributed by atoms with Gasteiger partial charge in [0.2, 0.25) is 0 Å². The molecule has 0 N–H and O–H groups in total. The Morgan fingerprint density at radius 1 is 1.31 bits per heavy atom. The zero-order valence-electron chi connectivity index (χ0n) is 8.29. The number of nitrogens with zero attached hydrogens (tertiary/aromatic N) is 2. The summed E-state index contributed by atoms with van der Waals surface area (Å²) in [5.74, 6) is 0. The fourth-order valence-electron chi connectivity index (χ4n) is 1.57. The topological polar surface area (TPSA) is 34.9 Å². The molecule has 3 heterocycles. The van der Waals surface area contributed by atoms with Crippen LogP contribution < -0.4 is 5.56 Å². The second-order valence-electron chi connectivity index (χ2n) is 3.44. The molecule has 80 valence electrons. The molecule has 0 bridgehead atoms. The molecule has 0 saturated carbocycles. The van der Waals surface area contributed by atoms with E-state index in [-0.39, 0.29) is 5.56 Å². The highest BCUT2D eigenvalue weighted by molar-refractivity contribution is 7.17. The van der Waals surface area contributed by atoms with Gasteiger partial charge in [0, 0.05) is 0 Å². The molecular weight excluding hydrogens is 240 g/mol. The third kappa shape index (κ3) is 1.58. The Morgan fingerprint density at radius 3 is 3.06 bits per heavy atom. The number of thiophene rings is 2. The van der Waals surface area contributed by atoms with E-state index in [1.807, 2.05) is 28.3 Å². The molecule has 3 nitrogen and oxygen atoms in total. The Balaban J connectivity index is 2.10. The summed E-state index contributed by atoms with van der Waals surface area (Å²) in [6, 6.07) is 3.89. The van der Waals surface area contributed by atoms with Crippen molar-refractivity contribution in [1.29, 1.82) is 0 Å². The van der Waals surface area contributed by atoms with E-state index in [0.717, 1.165) is 15.8 Å². The monoisotopic (exact) mass is 248 g/mol. The summed E-state index contributed by atoms with van der Waals surface area (Å²) in [7, 11) is 0. The first-order valence-electron chi connectivity index (χ1n) is 4.78. The van der Waals surface area contributed by atoms with Gasteiger partial charge in [-0.1, -0.05) is 0 Å². The van der Waals surface area contributed by atoms with Gasteiger partial charge in [-0.2, -0.15) is 11.3 Å². The van der Waals surface area contributed by atoms with Gasteiger partial charge >= 0.3 is 0 Å². The van der Waals surface area contributed by atoms with Crippen LogP contribution in [0.15, 0.2) is 39.4 Å². The molecule has 3 rings (SSSR count). The summed E-state index contributed by atoms with van der Waals surface area (Å²) in [4.78, 5) is 16.3. The second-order valence-corrected chi connectivity index (χ2v) is 5.14. The number of aromatic nitrogens is 2. The van der Waals surface area contributed by atoms with Crippen LogP contribution in [-0.2, 0) is 6.54 Å². The number of hydrogen-bond donors (Lipinski definition) is 0. The fourth-order valence-corrected chi connectivity index (χ4v) is 3.02. The summed E-state index contributed by atoms with van der Waals surface area (Å²) in [5.41, 5.74) is 1.98. The number of rotatable bonds is 2. The molecule has 0 atom stereocenters. The van der Waals surface area contributed by atoms with Crippen molar-refractivity contribution in [1.82, 2.24) is 9.55 Å². The van der Waals surface area contributed by atoms with Crippen LogP contribution in [0.2, 0.25) is 0 Å². The van der Waals surface area contributed by atoms with E-state index in [2.05, 4.69) is 4.98 Å². The van der Waals surface area contributed by atoms with E-state index in [1.165, 1.54) is 11.3 Å². The average Bonchev–Trinajstić information content (AvgIpc) is 2.93. The van der Waals surface area contributed by atoms with Gasteiger partial charge in [-0.3, -0.25) is 9.36 Å². The van der Waals surface area contributed by atoms with E-state index in [1.54, 1.807) is 22.2 Å². The minimum absolute atomic E-state index is 0.0474. The summed E-state index contributed by atoms with van der Waals surface area (Å²) >= 11 is 3.08. The van der Waals surface area contributed by atoms with Crippen LogP contribution in [-0.4, -0.2) is 9.55 Å². The molecule has 0 fully saturated rings. The maximum absolute atomic E-state index is 12.1. The van der Waals surface area contributed by atoms with Crippen LogP contribution in [0, 0.1) is 0 Å². The molecule has 3 aromatic heterocycles. The average molecular weight is 248 g/mol. The molecule has 0 saturated heterocycles. The predicted molar refractivity (Wildman–Crippen MR) is 67.3 cm³/mol. The molecule has 0 amide bonds. The molecule has 16 heavy (non-hydrogen) atoms. The van der Waals surface area contributed by atoms with Crippen molar-refractivity contribution in [2.75, 3.05) is 0 Å². The van der Waals surface area contributed by atoms with Crippen molar-refractivity contribution in [2.24, 2.45) is 0 Å². The van der Waals surface area contributed by atoms with E-state index < -0.39 is 0 Å². The summed E-state index contributed by atoms with van der Waals surface area (Å²) in [6.45, 7) is 0.600. The lowest BCUT2D eigenvalue weighted by molar-refractivity contribution is 0.752. The van der Waals surface area contributed by atoms with Crippen molar-refractivity contribution >= 4 is 32.9 Å². The lowest BCUT2D eigenvalue weighted by atomic mass is 10.3. The summed E-state index contributed by atoms with van der Waals surface area (Å²) in [5, 5.41) is 5.95. The molecule has 5 heteroatoms. The first kappa shape index (κ1) is 9.74. The molecular formula is C11H8N2OS2. The Bertz CT molecular complexity index is 667. The Morgan fingerprint density at radius 2 is 2.25 bits per heavy atom. The predicted octanol–water partition coefficient (Wildman–Crippen LogP) is 2.57. The van der Waals surface area contributed by atoms with Crippen molar-refractivity contribution in [3.05, 3.63) is 50.5 Å². The normalized spacial score (nSPS) is 11.0. The van der Waals surface area contributed by atoms with E-state index in [4.69, 9.17) is 0 Å². The maximum atomic E-state index is 12.1. The maximum Gasteiger partial charge on any atom is 0.271 e. The minimum Gasteiger partial charge on any atom is -0.293 e. The fraction of sp³-hybridized carbons (Fsp3) is 0.0909. The molecule has 0 spiro atoms. The molecule has 0 aliphatic carbocycles. The highest BCUT2D eigenvalue weighted by atomic mass is 32.1. The van der Waals surface area contributed by atoms with Gasteiger partial charge in [0.1, 0.15) is 4.70 Å². The molecule has 0 aliphatic heterocycles. The lowest BCUT2D eigenvalue weighted by Gasteiger charge is -2.02. The Labute approximate surface area is 99.6 Å². The largest absolute Gasteiger partial charge is 0.293 e. The highest BCUT2D eigenvalue weighted by Gasteiger charge is 2.05. The van der Waals surface area contributed by atoms with Crippen LogP contribution in [0.25, 0.3) is 10.2 Å². The zero-order valence-corrected chi connectivity index (χ0v) is 9.92. The first-order valence-corrected chi connectivity index (χ1v) is 6.60. The third-order valence-electron chi connectivity index (χ3n) is 2.37. The first-order chi connectivity index (χ1) is 7.84. The van der Waals surface area contributed by atoms with Gasteiger partial charge in [0.05, 0.1) is 18.4 Å². The van der Waals surface area contributed by atoms with Crippen LogP contribution in [0.4, 0.5) is 0 Å². The molecule has 0 aromatic carbocycles. The lowest BCUT2D eigenvalue weighted by Crippen LogP contribution is -2.19. The van der Waals surface area contributed by atoms with Gasteiger partial charge in [0.25, 0.3) is 5.56 Å². The van der Waals surface area contributed by atoms with Crippen LogP contribution in [0.3, 0.4) is 0 Å². The van der Waals surface area contributed by atoms with Gasteiger partial charge in [-0.05, 0) is 33.8 Å². The van der Waals surface area contributed by atoms with Crippen LogP contribution in [0.1, 0.15) is 5.56 Å². The molecule has 0 unspecified atom stereocenters. The van der Waals surface area contributed by atoms with Crippen LogP contribution >= 0.6 is 22.7 Å². The quantitative estimate of drug-likeness (QED) is 0.698. The number of fused-ring (bicyclic) bond motifs is 1. The third-order valence-corrected chi connectivity index (χ3v) is 3.99. The van der Waals surface area contributed by atoms with Crippen LogP contribution in [0.5, 0.6) is 0 Å². The molecule has 0 radical (unpaired) electrons. The van der Waals surface area contributed by atoms with E-state index >= 15 is 0 Å². The zero-order chi connectivity index (χ0) is 11.0. The van der Waals surface area contributed by atoms with E-state index in [0.29, 0.717) is 6.54 Å². The molecule has 0 aliphatic rings. The minimum atomic E-state index is 0.0474. The standard InChI is InChI=1S/C11H8N2OS2/c14-11-10-9(2-4-16-10)12-7-13(11)5-8-1-3-15-6-8/h1-4,6-7H,5H2. The second kappa shape index (κ2) is 3.84. The SMILES string of the molecule is O=c1c2sccc2ncn1Cc1ccsc1. The van der Waals surface area contributed by atoms with Gasteiger partial charge in [0.15, 0.2) is 0 Å². The Kier molecular flexibility index (Phi) is 2.34.